The van der Waals surface area contributed by atoms with Crippen LogP contribution in [0.3, 0.4) is 0 Å². The molecule has 0 amide bonds. The second-order valence-electron chi connectivity index (χ2n) is 7.53. The van der Waals surface area contributed by atoms with Crippen molar-refractivity contribution in [3.8, 4) is 11.4 Å². The van der Waals surface area contributed by atoms with Crippen molar-refractivity contribution in [2.24, 2.45) is 0 Å². The number of para-hydroxylation sites is 1. The fourth-order valence-corrected chi connectivity index (χ4v) is 3.86. The molecule has 1 fully saturated rings. The standard InChI is InChI=1S/C23H20F3N5/c24-23(25,26)17-7-8-19-20(14-17)29-22(28-19)16-6-9-21(27-15-16)31-12-10-30(11-13-31)18-4-2-1-3-5-18/h1-9,14-15H,10-13H2,(H,28,29). The zero-order chi connectivity index (χ0) is 21.4. The molecule has 158 valence electrons. The molecule has 0 saturated carbocycles. The number of rotatable bonds is 3. The van der Waals surface area contributed by atoms with Gasteiger partial charge in [-0.3, -0.25) is 0 Å². The summed E-state index contributed by atoms with van der Waals surface area (Å²) in [6, 6.07) is 17.7. The summed E-state index contributed by atoms with van der Waals surface area (Å²) in [5.74, 6) is 1.38. The molecular weight excluding hydrogens is 403 g/mol. The van der Waals surface area contributed by atoms with Crippen LogP contribution in [-0.2, 0) is 6.18 Å². The first-order chi connectivity index (χ1) is 15.0. The maximum Gasteiger partial charge on any atom is 0.416 e. The highest BCUT2D eigenvalue weighted by Gasteiger charge is 2.30. The maximum absolute atomic E-state index is 12.9. The zero-order valence-electron chi connectivity index (χ0n) is 16.6. The fourth-order valence-electron chi connectivity index (χ4n) is 3.86. The van der Waals surface area contributed by atoms with Crippen molar-refractivity contribution in [2.75, 3.05) is 36.0 Å². The Morgan fingerprint density at radius 3 is 2.26 bits per heavy atom. The van der Waals surface area contributed by atoms with Crippen molar-refractivity contribution < 1.29 is 13.2 Å². The third kappa shape index (κ3) is 3.93. The van der Waals surface area contributed by atoms with Gasteiger partial charge in [0.25, 0.3) is 0 Å². The molecule has 3 heterocycles. The molecule has 1 aliphatic heterocycles. The molecule has 31 heavy (non-hydrogen) atoms. The number of fused-ring (bicyclic) bond motifs is 1. The highest BCUT2D eigenvalue weighted by Crippen LogP contribution is 2.32. The molecule has 0 atom stereocenters. The largest absolute Gasteiger partial charge is 0.416 e. The van der Waals surface area contributed by atoms with Gasteiger partial charge in [0.2, 0.25) is 0 Å². The van der Waals surface area contributed by atoms with Crippen LogP contribution in [0.25, 0.3) is 22.4 Å². The van der Waals surface area contributed by atoms with E-state index in [1.807, 2.05) is 30.3 Å². The van der Waals surface area contributed by atoms with Crippen molar-refractivity contribution >= 4 is 22.5 Å². The minimum Gasteiger partial charge on any atom is -0.368 e. The Kier molecular flexibility index (Phi) is 4.77. The number of aromatic nitrogens is 3. The number of nitrogens with one attached hydrogen (secondary N) is 1. The first-order valence-electron chi connectivity index (χ1n) is 10.1. The molecule has 4 aromatic rings. The van der Waals surface area contributed by atoms with E-state index >= 15 is 0 Å². The quantitative estimate of drug-likeness (QED) is 0.506. The number of imidazole rings is 1. The summed E-state index contributed by atoms with van der Waals surface area (Å²) in [6.45, 7) is 3.56. The van der Waals surface area contributed by atoms with E-state index in [0.717, 1.165) is 49.7 Å². The van der Waals surface area contributed by atoms with Gasteiger partial charge in [-0.2, -0.15) is 13.2 Å². The number of aromatic amines is 1. The third-order valence-electron chi connectivity index (χ3n) is 5.56. The Bertz CT molecular complexity index is 1180. The van der Waals surface area contributed by atoms with Crippen LogP contribution in [0.1, 0.15) is 5.56 Å². The number of benzene rings is 2. The number of alkyl halides is 3. The van der Waals surface area contributed by atoms with Gasteiger partial charge in [-0.15, -0.1) is 0 Å². The Labute approximate surface area is 177 Å². The average Bonchev–Trinajstić information content (AvgIpc) is 3.23. The summed E-state index contributed by atoms with van der Waals surface area (Å²) >= 11 is 0. The first kappa shape index (κ1) is 19.4. The lowest BCUT2D eigenvalue weighted by Gasteiger charge is -2.36. The molecule has 1 saturated heterocycles. The molecular formula is C23H20F3N5. The molecule has 5 rings (SSSR count). The number of anilines is 2. The van der Waals surface area contributed by atoms with Crippen molar-refractivity contribution in [2.45, 2.75) is 6.18 Å². The van der Waals surface area contributed by atoms with Gasteiger partial charge in [0.15, 0.2) is 0 Å². The van der Waals surface area contributed by atoms with E-state index in [9.17, 15) is 13.2 Å². The van der Waals surface area contributed by atoms with Crippen LogP contribution >= 0.6 is 0 Å². The highest BCUT2D eigenvalue weighted by atomic mass is 19.4. The number of pyridine rings is 1. The van der Waals surface area contributed by atoms with E-state index < -0.39 is 11.7 Å². The van der Waals surface area contributed by atoms with Crippen LogP contribution in [0, 0.1) is 0 Å². The second kappa shape index (κ2) is 7.61. The Morgan fingerprint density at radius 2 is 1.58 bits per heavy atom. The minimum absolute atomic E-state index is 0.283. The van der Waals surface area contributed by atoms with Crippen LogP contribution < -0.4 is 9.80 Å². The predicted octanol–water partition coefficient (Wildman–Crippen LogP) is 4.97. The molecule has 5 nitrogen and oxygen atoms in total. The second-order valence-corrected chi connectivity index (χ2v) is 7.53. The van der Waals surface area contributed by atoms with Gasteiger partial charge in [0.1, 0.15) is 11.6 Å². The molecule has 0 bridgehead atoms. The van der Waals surface area contributed by atoms with Crippen molar-refractivity contribution in [1.29, 1.82) is 0 Å². The summed E-state index contributed by atoms with van der Waals surface area (Å²) in [7, 11) is 0. The van der Waals surface area contributed by atoms with E-state index in [1.165, 1.54) is 11.8 Å². The monoisotopic (exact) mass is 423 g/mol. The summed E-state index contributed by atoms with van der Waals surface area (Å²) in [6.07, 6.45) is -2.68. The van der Waals surface area contributed by atoms with Crippen LogP contribution in [-0.4, -0.2) is 41.1 Å². The van der Waals surface area contributed by atoms with E-state index in [4.69, 9.17) is 0 Å². The lowest BCUT2D eigenvalue weighted by molar-refractivity contribution is -0.137. The van der Waals surface area contributed by atoms with Crippen LogP contribution in [0.4, 0.5) is 24.7 Å². The molecule has 0 aliphatic carbocycles. The molecule has 0 spiro atoms. The number of hydrogen-bond donors (Lipinski definition) is 1. The van der Waals surface area contributed by atoms with Crippen molar-refractivity contribution in [3.63, 3.8) is 0 Å². The highest BCUT2D eigenvalue weighted by molar-refractivity contribution is 5.80. The number of halogens is 3. The smallest absolute Gasteiger partial charge is 0.368 e. The number of hydrogen-bond acceptors (Lipinski definition) is 4. The molecule has 2 aromatic carbocycles. The van der Waals surface area contributed by atoms with Crippen LogP contribution in [0.2, 0.25) is 0 Å². The molecule has 0 unspecified atom stereocenters. The van der Waals surface area contributed by atoms with Gasteiger partial charge >= 0.3 is 6.18 Å². The first-order valence-corrected chi connectivity index (χ1v) is 10.1. The summed E-state index contributed by atoms with van der Waals surface area (Å²) in [5, 5.41) is 0. The summed E-state index contributed by atoms with van der Waals surface area (Å²) < 4.78 is 38.8. The normalized spacial score (nSPS) is 14.9. The van der Waals surface area contributed by atoms with Gasteiger partial charge in [-0.05, 0) is 42.5 Å². The van der Waals surface area contributed by atoms with Gasteiger partial charge in [0.05, 0.1) is 16.6 Å². The van der Waals surface area contributed by atoms with Gasteiger partial charge in [0, 0.05) is 43.6 Å². The number of H-pyrrole nitrogens is 1. The lowest BCUT2D eigenvalue weighted by Crippen LogP contribution is -2.46. The number of piperazine rings is 1. The van der Waals surface area contributed by atoms with Crippen LogP contribution in [0.5, 0.6) is 0 Å². The topological polar surface area (TPSA) is 48.1 Å². The van der Waals surface area contributed by atoms with Gasteiger partial charge in [-0.1, -0.05) is 18.2 Å². The van der Waals surface area contributed by atoms with Gasteiger partial charge < -0.3 is 14.8 Å². The third-order valence-corrected chi connectivity index (χ3v) is 5.56. The summed E-state index contributed by atoms with van der Waals surface area (Å²) in [5.41, 5.74) is 2.09. The van der Waals surface area contributed by atoms with E-state index in [2.05, 4.69) is 36.9 Å². The molecule has 8 heteroatoms. The summed E-state index contributed by atoms with van der Waals surface area (Å²) in [4.78, 5) is 16.6. The molecule has 0 radical (unpaired) electrons. The SMILES string of the molecule is FC(F)(F)c1ccc2[nH]c(-c3ccc(N4CCN(c5ccccc5)CC4)nc3)nc2c1. The Morgan fingerprint density at radius 1 is 0.839 bits per heavy atom. The van der Waals surface area contributed by atoms with Crippen LogP contribution in [0.15, 0.2) is 66.9 Å². The van der Waals surface area contributed by atoms with Crippen molar-refractivity contribution in [3.05, 3.63) is 72.4 Å². The number of nitrogens with zero attached hydrogens (tertiary/aromatic N) is 4. The molecule has 1 N–H and O–H groups in total. The maximum atomic E-state index is 12.9. The van der Waals surface area contributed by atoms with Crippen molar-refractivity contribution in [1.82, 2.24) is 15.0 Å². The fraction of sp³-hybridized carbons (Fsp3) is 0.217. The zero-order valence-corrected chi connectivity index (χ0v) is 16.6. The Hall–Kier alpha value is -3.55. The Balaban J connectivity index is 1.30. The van der Waals surface area contributed by atoms with E-state index in [-0.39, 0.29) is 5.52 Å². The average molecular weight is 423 g/mol. The minimum atomic E-state index is -4.39. The van der Waals surface area contributed by atoms with Gasteiger partial charge in [-0.25, -0.2) is 9.97 Å². The lowest BCUT2D eigenvalue weighted by atomic mass is 10.2. The molecule has 2 aromatic heterocycles. The van der Waals surface area contributed by atoms with E-state index in [0.29, 0.717) is 11.3 Å². The van der Waals surface area contributed by atoms with E-state index in [1.54, 1.807) is 6.20 Å². The predicted molar refractivity (Wildman–Crippen MR) is 115 cm³/mol. The molecule has 1 aliphatic rings.